The lowest BCUT2D eigenvalue weighted by molar-refractivity contribution is -0.144. The summed E-state index contributed by atoms with van der Waals surface area (Å²) >= 11 is 0. The van der Waals surface area contributed by atoms with Crippen molar-refractivity contribution in [3.05, 3.63) is 49.1 Å². The first-order valence-electron chi connectivity index (χ1n) is 6.63. The van der Waals surface area contributed by atoms with Crippen LogP contribution in [0.25, 0.3) is 0 Å². The first kappa shape index (κ1) is 16.8. The Kier molecular flexibility index (Phi) is 5.59. The van der Waals surface area contributed by atoms with Gasteiger partial charge in [0.1, 0.15) is 23.2 Å². The van der Waals surface area contributed by atoms with Crippen molar-refractivity contribution in [2.24, 2.45) is 0 Å². The van der Waals surface area contributed by atoms with Crippen molar-refractivity contribution in [1.82, 2.24) is 0 Å². The summed E-state index contributed by atoms with van der Waals surface area (Å²) in [6.07, 6.45) is 2.65. The van der Waals surface area contributed by atoms with E-state index in [0.717, 1.165) is 0 Å². The molecule has 1 atom stereocenters. The molecule has 0 aliphatic rings. The zero-order chi connectivity index (χ0) is 16.0. The lowest BCUT2D eigenvalue weighted by Gasteiger charge is -2.26. The van der Waals surface area contributed by atoms with Gasteiger partial charge in [-0.2, -0.15) is 0 Å². The molecule has 4 nitrogen and oxygen atoms in total. The van der Waals surface area contributed by atoms with Crippen molar-refractivity contribution in [3.8, 4) is 11.5 Å². The van der Waals surface area contributed by atoms with Crippen LogP contribution in [0.1, 0.15) is 32.4 Å². The maximum atomic E-state index is 11.2. The highest BCUT2D eigenvalue weighted by atomic mass is 16.5. The summed E-state index contributed by atoms with van der Waals surface area (Å²) in [4.78, 5) is 11.2. The Morgan fingerprint density at radius 3 is 2.48 bits per heavy atom. The molecular weight excluding hydrogens is 268 g/mol. The molecule has 0 aromatic heterocycles. The van der Waals surface area contributed by atoms with Gasteiger partial charge < -0.3 is 14.2 Å². The molecule has 1 rings (SSSR count). The zero-order valence-corrected chi connectivity index (χ0v) is 13.0. The highest BCUT2D eigenvalue weighted by Gasteiger charge is 2.22. The van der Waals surface area contributed by atoms with Crippen LogP contribution in [-0.4, -0.2) is 18.7 Å². The third-order valence-corrected chi connectivity index (χ3v) is 2.90. The lowest BCUT2D eigenvalue weighted by Crippen LogP contribution is -2.25. The molecule has 0 N–H and O–H groups in total. The quantitative estimate of drug-likeness (QED) is 0.565. The van der Waals surface area contributed by atoms with Gasteiger partial charge in [0.25, 0.3) is 0 Å². The Bertz CT molecular complexity index is 532. The molecule has 0 bridgehead atoms. The third-order valence-electron chi connectivity index (χ3n) is 2.90. The first-order chi connectivity index (χ1) is 9.82. The fraction of sp³-hybridized carbons (Fsp3) is 0.353. The third kappa shape index (κ3) is 4.67. The molecule has 0 heterocycles. The van der Waals surface area contributed by atoms with Gasteiger partial charge in [-0.05, 0) is 44.2 Å². The molecule has 0 fully saturated rings. The maximum absolute atomic E-state index is 11.2. The van der Waals surface area contributed by atoms with Crippen molar-refractivity contribution in [1.29, 1.82) is 0 Å². The van der Waals surface area contributed by atoms with E-state index in [1.165, 1.54) is 6.92 Å². The molecule has 0 radical (unpaired) electrons. The second kappa shape index (κ2) is 6.97. The van der Waals surface area contributed by atoms with E-state index in [1.54, 1.807) is 37.5 Å². The van der Waals surface area contributed by atoms with E-state index >= 15 is 0 Å². The molecule has 114 valence electrons. The minimum absolute atomic E-state index is 0.392. The number of esters is 1. The van der Waals surface area contributed by atoms with Gasteiger partial charge in [-0.1, -0.05) is 13.2 Å². The first-order valence-corrected chi connectivity index (χ1v) is 6.63. The van der Waals surface area contributed by atoms with Gasteiger partial charge in [-0.25, -0.2) is 0 Å². The van der Waals surface area contributed by atoms with Crippen LogP contribution in [0.5, 0.6) is 11.5 Å². The number of hydrogen-bond donors (Lipinski definition) is 0. The minimum Gasteiger partial charge on any atom is -0.497 e. The van der Waals surface area contributed by atoms with E-state index in [0.29, 0.717) is 17.1 Å². The van der Waals surface area contributed by atoms with E-state index in [2.05, 4.69) is 13.2 Å². The standard InChI is InChI=1S/C17H22O4/c1-7-15(20-12(3)18)14-11-13(19-6)9-10-16(14)21-17(4,5)8-2/h7-11,15H,1-2H2,3-6H3. The molecule has 0 aliphatic heterocycles. The number of carbonyl (C=O) groups is 1. The monoisotopic (exact) mass is 290 g/mol. The van der Waals surface area contributed by atoms with E-state index < -0.39 is 17.7 Å². The highest BCUT2D eigenvalue weighted by molar-refractivity contribution is 5.66. The summed E-state index contributed by atoms with van der Waals surface area (Å²) in [5, 5.41) is 0. The summed E-state index contributed by atoms with van der Waals surface area (Å²) in [5.41, 5.74) is 0.125. The summed E-state index contributed by atoms with van der Waals surface area (Å²) in [6, 6.07) is 5.33. The van der Waals surface area contributed by atoms with Crippen LogP contribution in [0.2, 0.25) is 0 Å². The number of benzene rings is 1. The van der Waals surface area contributed by atoms with E-state index in [1.807, 2.05) is 13.8 Å². The van der Waals surface area contributed by atoms with Gasteiger partial charge in [0.15, 0.2) is 0 Å². The molecular formula is C17H22O4. The zero-order valence-electron chi connectivity index (χ0n) is 13.0. The van der Waals surface area contributed by atoms with Crippen molar-refractivity contribution in [2.45, 2.75) is 32.5 Å². The topological polar surface area (TPSA) is 44.8 Å². The van der Waals surface area contributed by atoms with Gasteiger partial charge in [0, 0.05) is 12.5 Å². The molecule has 0 saturated heterocycles. The maximum Gasteiger partial charge on any atom is 0.303 e. The Balaban J connectivity index is 3.26. The second-order valence-electron chi connectivity index (χ2n) is 5.08. The SMILES string of the molecule is C=CC(OC(C)=O)c1cc(OC)ccc1OC(C)(C)C=C. The van der Waals surface area contributed by atoms with E-state index in [-0.39, 0.29) is 0 Å². The smallest absolute Gasteiger partial charge is 0.303 e. The average Bonchev–Trinajstić information content (AvgIpc) is 2.45. The minimum atomic E-state index is -0.604. The normalized spacial score (nSPS) is 12.2. The Morgan fingerprint density at radius 1 is 1.33 bits per heavy atom. The van der Waals surface area contributed by atoms with Crippen LogP contribution >= 0.6 is 0 Å². The molecule has 4 heteroatoms. The fourth-order valence-electron chi connectivity index (χ4n) is 1.71. The largest absolute Gasteiger partial charge is 0.497 e. The number of ether oxygens (including phenoxy) is 3. The summed E-state index contributed by atoms with van der Waals surface area (Å²) < 4.78 is 16.4. The van der Waals surface area contributed by atoms with Crippen LogP contribution in [0.4, 0.5) is 0 Å². The van der Waals surface area contributed by atoms with E-state index in [9.17, 15) is 4.79 Å². The Hall–Kier alpha value is -2.23. The van der Waals surface area contributed by atoms with E-state index in [4.69, 9.17) is 14.2 Å². The van der Waals surface area contributed by atoms with Crippen LogP contribution < -0.4 is 9.47 Å². The highest BCUT2D eigenvalue weighted by Crippen LogP contribution is 2.34. The Morgan fingerprint density at radius 2 is 2.00 bits per heavy atom. The molecule has 1 aromatic carbocycles. The second-order valence-corrected chi connectivity index (χ2v) is 5.08. The van der Waals surface area contributed by atoms with Crippen LogP contribution in [0.3, 0.4) is 0 Å². The van der Waals surface area contributed by atoms with Gasteiger partial charge in [-0.15, -0.1) is 0 Å². The predicted molar refractivity (Wildman–Crippen MR) is 82.6 cm³/mol. The van der Waals surface area contributed by atoms with Gasteiger partial charge in [-0.3, -0.25) is 4.79 Å². The van der Waals surface area contributed by atoms with Crippen LogP contribution in [-0.2, 0) is 9.53 Å². The molecule has 0 amide bonds. The summed E-state index contributed by atoms with van der Waals surface area (Å²) in [6.45, 7) is 12.6. The molecule has 0 saturated carbocycles. The number of methoxy groups -OCH3 is 1. The number of hydrogen-bond acceptors (Lipinski definition) is 4. The van der Waals surface area contributed by atoms with Crippen molar-refractivity contribution in [2.75, 3.05) is 7.11 Å². The molecule has 1 unspecified atom stereocenters. The van der Waals surface area contributed by atoms with Crippen molar-refractivity contribution >= 4 is 5.97 Å². The molecule has 0 spiro atoms. The molecule has 0 aliphatic carbocycles. The van der Waals surface area contributed by atoms with Crippen molar-refractivity contribution < 1.29 is 19.0 Å². The predicted octanol–water partition coefficient (Wildman–Crippen LogP) is 3.83. The lowest BCUT2D eigenvalue weighted by atomic mass is 10.1. The van der Waals surface area contributed by atoms with Gasteiger partial charge in [0.05, 0.1) is 7.11 Å². The molecule has 1 aromatic rings. The number of rotatable bonds is 7. The van der Waals surface area contributed by atoms with Crippen molar-refractivity contribution in [3.63, 3.8) is 0 Å². The van der Waals surface area contributed by atoms with Gasteiger partial charge in [0.2, 0.25) is 0 Å². The van der Waals surface area contributed by atoms with Crippen LogP contribution in [0.15, 0.2) is 43.5 Å². The van der Waals surface area contributed by atoms with Crippen LogP contribution in [0, 0.1) is 0 Å². The summed E-state index contributed by atoms with van der Waals surface area (Å²) in [5.74, 6) is 0.844. The fourth-order valence-corrected chi connectivity index (χ4v) is 1.71. The van der Waals surface area contributed by atoms with Gasteiger partial charge >= 0.3 is 5.97 Å². The summed E-state index contributed by atoms with van der Waals surface area (Å²) in [7, 11) is 1.57. The average molecular weight is 290 g/mol. The Labute approximate surface area is 126 Å². The molecule has 21 heavy (non-hydrogen) atoms. The number of carbonyl (C=O) groups excluding carboxylic acids is 1.